The van der Waals surface area contributed by atoms with E-state index in [0.29, 0.717) is 37.3 Å². The molecule has 0 aromatic heterocycles. The highest BCUT2D eigenvalue weighted by atomic mass is 32.2. The Hall–Kier alpha value is -2.54. The van der Waals surface area contributed by atoms with Crippen LogP contribution in [0.1, 0.15) is 29.3 Å². The highest BCUT2D eigenvalue weighted by molar-refractivity contribution is 7.93. The van der Waals surface area contributed by atoms with Gasteiger partial charge in [0.05, 0.1) is 11.4 Å². The fourth-order valence-corrected chi connectivity index (χ4v) is 4.91. The molecular weight excluding hydrogens is 374 g/mol. The second-order valence-electron chi connectivity index (χ2n) is 7.17. The van der Waals surface area contributed by atoms with Crippen LogP contribution in [0.5, 0.6) is 0 Å². The fourth-order valence-electron chi connectivity index (χ4n) is 3.35. The summed E-state index contributed by atoms with van der Waals surface area (Å²) in [7, 11) is 0.717. The summed E-state index contributed by atoms with van der Waals surface area (Å²) in [5.41, 5.74) is 3.23. The Morgan fingerprint density at radius 2 is 1.82 bits per heavy atom. The quantitative estimate of drug-likeness (QED) is 0.747. The molecule has 1 saturated heterocycles. The molecule has 0 saturated carbocycles. The minimum absolute atomic E-state index is 0.0994. The van der Waals surface area contributed by atoms with Gasteiger partial charge in [0.15, 0.2) is 0 Å². The van der Waals surface area contributed by atoms with Gasteiger partial charge in [0.25, 0.3) is 5.91 Å². The zero-order chi connectivity index (χ0) is 20.3. The molecule has 0 unspecified atom stereocenters. The van der Waals surface area contributed by atoms with E-state index in [2.05, 4.69) is 0 Å². The van der Waals surface area contributed by atoms with Crippen LogP contribution < -0.4 is 9.21 Å². The Kier molecular flexibility index (Phi) is 5.93. The van der Waals surface area contributed by atoms with Gasteiger partial charge >= 0.3 is 0 Å². The summed E-state index contributed by atoms with van der Waals surface area (Å²) < 4.78 is 25.8. The lowest BCUT2D eigenvalue weighted by Crippen LogP contribution is -2.31. The molecule has 6 nitrogen and oxygen atoms in total. The van der Waals surface area contributed by atoms with Gasteiger partial charge in [-0.05, 0) is 49.2 Å². The Morgan fingerprint density at radius 1 is 1.11 bits per heavy atom. The van der Waals surface area contributed by atoms with Crippen LogP contribution in [0.4, 0.5) is 11.4 Å². The number of hydrogen-bond acceptors (Lipinski definition) is 4. The molecule has 2 aromatic carbocycles. The van der Waals surface area contributed by atoms with Crippen LogP contribution >= 0.6 is 0 Å². The van der Waals surface area contributed by atoms with Gasteiger partial charge in [0.1, 0.15) is 0 Å². The lowest BCUT2D eigenvalue weighted by Gasteiger charge is -2.23. The van der Waals surface area contributed by atoms with Crippen molar-refractivity contribution in [3.8, 4) is 0 Å². The predicted octanol–water partition coefficient (Wildman–Crippen LogP) is 2.95. The van der Waals surface area contributed by atoms with Crippen molar-refractivity contribution < 1.29 is 13.2 Å². The maximum absolute atomic E-state index is 13.0. The van der Waals surface area contributed by atoms with Crippen molar-refractivity contribution in [2.24, 2.45) is 0 Å². The van der Waals surface area contributed by atoms with E-state index in [4.69, 9.17) is 0 Å². The summed E-state index contributed by atoms with van der Waals surface area (Å²) >= 11 is 0. The molecule has 28 heavy (non-hydrogen) atoms. The van der Waals surface area contributed by atoms with Gasteiger partial charge in [-0.1, -0.05) is 18.2 Å². The molecule has 0 spiro atoms. The zero-order valence-corrected chi connectivity index (χ0v) is 17.4. The van der Waals surface area contributed by atoms with Gasteiger partial charge in [0.2, 0.25) is 10.0 Å². The molecule has 0 aliphatic carbocycles. The minimum Gasteiger partial charge on any atom is -0.378 e. The molecule has 0 bridgehead atoms. The third-order valence-electron chi connectivity index (χ3n) is 4.98. The van der Waals surface area contributed by atoms with Crippen molar-refractivity contribution in [1.82, 2.24) is 4.90 Å². The molecule has 1 aliphatic rings. The van der Waals surface area contributed by atoms with Crippen LogP contribution in [0, 0.1) is 0 Å². The van der Waals surface area contributed by atoms with Gasteiger partial charge in [-0.3, -0.25) is 9.10 Å². The van der Waals surface area contributed by atoms with Gasteiger partial charge < -0.3 is 9.80 Å². The monoisotopic (exact) mass is 401 g/mol. The van der Waals surface area contributed by atoms with E-state index in [-0.39, 0.29) is 11.7 Å². The van der Waals surface area contributed by atoms with E-state index in [0.717, 1.165) is 11.3 Å². The number of carbonyl (C=O) groups excluding carboxylic acids is 1. The first-order valence-electron chi connectivity index (χ1n) is 9.48. The van der Waals surface area contributed by atoms with Crippen LogP contribution in [0.2, 0.25) is 0 Å². The van der Waals surface area contributed by atoms with Crippen molar-refractivity contribution in [2.75, 3.05) is 42.1 Å². The highest BCUT2D eigenvalue weighted by Gasteiger charge is 2.29. The Labute approximate surface area is 167 Å². The zero-order valence-electron chi connectivity index (χ0n) is 16.6. The Bertz CT molecular complexity index is 940. The highest BCUT2D eigenvalue weighted by Crippen LogP contribution is 2.25. The van der Waals surface area contributed by atoms with Crippen LogP contribution in [-0.2, 0) is 16.6 Å². The van der Waals surface area contributed by atoms with Crippen molar-refractivity contribution in [2.45, 2.75) is 19.9 Å². The molecule has 0 atom stereocenters. The van der Waals surface area contributed by atoms with Crippen LogP contribution in [0.3, 0.4) is 0 Å². The van der Waals surface area contributed by atoms with Crippen molar-refractivity contribution in [1.29, 1.82) is 0 Å². The van der Waals surface area contributed by atoms with E-state index in [9.17, 15) is 13.2 Å². The molecule has 1 heterocycles. The SMILES string of the molecule is CCN(Cc1ccc(N(C)C)cc1)C(=O)c1cccc(N2CCCS2(=O)=O)c1. The first-order chi connectivity index (χ1) is 13.3. The summed E-state index contributed by atoms with van der Waals surface area (Å²) in [6.07, 6.45) is 0.616. The Morgan fingerprint density at radius 3 is 2.39 bits per heavy atom. The molecule has 3 rings (SSSR count). The van der Waals surface area contributed by atoms with Crippen molar-refractivity contribution >= 4 is 27.3 Å². The van der Waals surface area contributed by atoms with E-state index < -0.39 is 10.0 Å². The summed E-state index contributed by atoms with van der Waals surface area (Å²) in [6.45, 7) is 3.49. The van der Waals surface area contributed by atoms with E-state index >= 15 is 0 Å². The first-order valence-corrected chi connectivity index (χ1v) is 11.1. The number of nitrogens with zero attached hydrogens (tertiary/aromatic N) is 3. The van der Waals surface area contributed by atoms with Crippen LogP contribution in [0.15, 0.2) is 48.5 Å². The fraction of sp³-hybridized carbons (Fsp3) is 0.381. The number of benzene rings is 2. The number of anilines is 2. The van der Waals surface area contributed by atoms with Gasteiger partial charge in [0, 0.05) is 45.0 Å². The second-order valence-corrected chi connectivity index (χ2v) is 9.19. The molecule has 1 fully saturated rings. The topological polar surface area (TPSA) is 60.9 Å². The summed E-state index contributed by atoms with van der Waals surface area (Å²) in [5, 5.41) is 0. The average Bonchev–Trinajstić information content (AvgIpc) is 3.05. The molecule has 1 aliphatic heterocycles. The molecule has 7 heteroatoms. The first kappa shape index (κ1) is 20.2. The minimum atomic E-state index is -3.26. The van der Waals surface area contributed by atoms with E-state index in [1.54, 1.807) is 29.2 Å². The van der Waals surface area contributed by atoms with Crippen LogP contribution in [0.25, 0.3) is 0 Å². The van der Waals surface area contributed by atoms with E-state index in [1.165, 1.54) is 4.31 Å². The van der Waals surface area contributed by atoms with Gasteiger partial charge in [-0.25, -0.2) is 8.42 Å². The number of hydrogen-bond donors (Lipinski definition) is 0. The number of carbonyl (C=O) groups is 1. The van der Waals surface area contributed by atoms with Crippen LogP contribution in [-0.4, -0.2) is 52.2 Å². The third kappa shape index (κ3) is 4.30. The maximum Gasteiger partial charge on any atom is 0.254 e. The van der Waals surface area contributed by atoms with E-state index in [1.807, 2.05) is 50.2 Å². The van der Waals surface area contributed by atoms with Crippen molar-refractivity contribution in [3.63, 3.8) is 0 Å². The molecule has 0 radical (unpaired) electrons. The molecule has 1 amide bonds. The third-order valence-corrected chi connectivity index (χ3v) is 6.85. The average molecular weight is 402 g/mol. The van der Waals surface area contributed by atoms with Gasteiger partial charge in [-0.15, -0.1) is 0 Å². The standard InChI is InChI=1S/C21H27N3O3S/c1-4-23(16-17-9-11-19(12-10-17)22(2)3)21(25)18-7-5-8-20(15-18)24-13-6-14-28(24,26)27/h5,7-12,15H,4,6,13-14,16H2,1-3H3. The molecular formula is C21H27N3O3S. The lowest BCUT2D eigenvalue weighted by molar-refractivity contribution is 0.0752. The maximum atomic E-state index is 13.0. The summed E-state index contributed by atoms with van der Waals surface area (Å²) in [5.74, 6) is 0.0625. The molecule has 150 valence electrons. The number of amides is 1. The smallest absolute Gasteiger partial charge is 0.254 e. The summed E-state index contributed by atoms with van der Waals surface area (Å²) in [6, 6.07) is 15.0. The van der Waals surface area contributed by atoms with Crippen molar-refractivity contribution in [3.05, 3.63) is 59.7 Å². The molecule has 0 N–H and O–H groups in total. The summed E-state index contributed by atoms with van der Waals surface area (Å²) in [4.78, 5) is 16.8. The lowest BCUT2D eigenvalue weighted by atomic mass is 10.1. The predicted molar refractivity (Wildman–Crippen MR) is 113 cm³/mol. The largest absolute Gasteiger partial charge is 0.378 e. The Balaban J connectivity index is 1.78. The molecule has 2 aromatic rings. The second kappa shape index (κ2) is 8.22. The normalized spacial score (nSPS) is 15.5. The number of sulfonamides is 1. The van der Waals surface area contributed by atoms with Gasteiger partial charge in [-0.2, -0.15) is 0 Å². The number of rotatable bonds is 6.